The molecular formula is C19H23NO3. The van der Waals surface area contributed by atoms with Crippen molar-refractivity contribution in [1.29, 1.82) is 0 Å². The Morgan fingerprint density at radius 3 is 3.00 bits per heavy atom. The lowest BCUT2D eigenvalue weighted by Crippen LogP contribution is -2.49. The number of nitrogens with zero attached hydrogens (tertiary/aromatic N) is 1. The topological polar surface area (TPSA) is 49.8 Å². The first kappa shape index (κ1) is 15.9. The summed E-state index contributed by atoms with van der Waals surface area (Å²) in [6.07, 6.45) is 2.93. The molecule has 2 aliphatic rings. The fourth-order valence-corrected chi connectivity index (χ4v) is 3.94. The largest absolute Gasteiger partial charge is 0.453 e. The highest BCUT2D eigenvalue weighted by Gasteiger charge is 2.50. The molecule has 1 aliphatic heterocycles. The van der Waals surface area contributed by atoms with Crippen LogP contribution in [0.2, 0.25) is 0 Å². The SMILES string of the molecule is COC(=O)N1CC[C@H]2[C@@H]1CCC[C@]2(O)C#Cc1cccc(C)c1. The highest BCUT2D eigenvalue weighted by atomic mass is 16.5. The first-order chi connectivity index (χ1) is 11.0. The minimum atomic E-state index is -1.02. The molecule has 1 amide bonds. The van der Waals surface area contributed by atoms with E-state index in [0.29, 0.717) is 13.0 Å². The van der Waals surface area contributed by atoms with Gasteiger partial charge >= 0.3 is 6.09 Å². The molecule has 23 heavy (non-hydrogen) atoms. The number of amides is 1. The number of carbonyl (C=O) groups excluding carboxylic acids is 1. The van der Waals surface area contributed by atoms with Crippen molar-refractivity contribution in [3.05, 3.63) is 35.4 Å². The Labute approximate surface area is 137 Å². The lowest BCUT2D eigenvalue weighted by Gasteiger charge is -2.39. The minimum Gasteiger partial charge on any atom is -0.453 e. The van der Waals surface area contributed by atoms with Crippen molar-refractivity contribution >= 4 is 6.09 Å². The summed E-state index contributed by atoms with van der Waals surface area (Å²) in [7, 11) is 1.40. The van der Waals surface area contributed by atoms with Crippen LogP contribution >= 0.6 is 0 Å². The van der Waals surface area contributed by atoms with Crippen LogP contribution in [0.15, 0.2) is 24.3 Å². The van der Waals surface area contributed by atoms with Gasteiger partial charge in [-0.15, -0.1) is 0 Å². The monoisotopic (exact) mass is 313 g/mol. The number of likely N-dealkylation sites (tertiary alicyclic amines) is 1. The quantitative estimate of drug-likeness (QED) is 0.749. The molecule has 1 saturated carbocycles. The van der Waals surface area contributed by atoms with E-state index >= 15 is 0 Å². The van der Waals surface area contributed by atoms with Crippen LogP contribution in [0.1, 0.15) is 36.8 Å². The number of ether oxygens (including phenoxy) is 1. The van der Waals surface area contributed by atoms with Gasteiger partial charge in [-0.25, -0.2) is 4.79 Å². The number of hydrogen-bond acceptors (Lipinski definition) is 3. The zero-order chi connectivity index (χ0) is 16.4. The number of methoxy groups -OCH3 is 1. The van der Waals surface area contributed by atoms with E-state index in [1.165, 1.54) is 7.11 Å². The molecule has 4 heteroatoms. The third-order valence-corrected chi connectivity index (χ3v) is 5.07. The summed E-state index contributed by atoms with van der Waals surface area (Å²) in [5, 5.41) is 11.1. The fourth-order valence-electron chi connectivity index (χ4n) is 3.94. The van der Waals surface area contributed by atoms with E-state index in [9.17, 15) is 9.90 Å². The molecule has 0 aromatic heterocycles. The lowest BCUT2D eigenvalue weighted by atomic mass is 9.73. The van der Waals surface area contributed by atoms with E-state index in [1.54, 1.807) is 4.90 Å². The number of aliphatic hydroxyl groups is 1. The van der Waals surface area contributed by atoms with Crippen LogP contribution in [-0.2, 0) is 4.74 Å². The van der Waals surface area contributed by atoms with Gasteiger partial charge in [0.2, 0.25) is 0 Å². The minimum absolute atomic E-state index is 0.00709. The normalized spacial score (nSPS) is 29.4. The predicted molar refractivity (Wildman–Crippen MR) is 87.9 cm³/mol. The van der Waals surface area contributed by atoms with Crippen LogP contribution in [0.4, 0.5) is 4.79 Å². The molecule has 1 N–H and O–H groups in total. The van der Waals surface area contributed by atoms with Crippen LogP contribution in [0, 0.1) is 24.7 Å². The molecule has 1 heterocycles. The summed E-state index contributed by atoms with van der Waals surface area (Å²) >= 11 is 0. The molecule has 4 nitrogen and oxygen atoms in total. The molecule has 3 rings (SSSR count). The number of benzene rings is 1. The van der Waals surface area contributed by atoms with Crippen LogP contribution in [0.25, 0.3) is 0 Å². The Kier molecular flexibility index (Phi) is 4.32. The van der Waals surface area contributed by atoms with Crippen LogP contribution < -0.4 is 0 Å². The standard InChI is InChI=1S/C19H23NO3/c1-14-5-3-6-15(13-14)8-11-19(22)10-4-7-17-16(19)9-12-20(17)18(21)23-2/h3,5-6,13,16-17,22H,4,7,9-10,12H2,1-2H3/t16-,17-,19-/m0/s1. The van der Waals surface area contributed by atoms with E-state index in [4.69, 9.17) is 4.74 Å². The highest BCUT2D eigenvalue weighted by molar-refractivity contribution is 5.68. The lowest BCUT2D eigenvalue weighted by molar-refractivity contribution is -0.0136. The molecular weight excluding hydrogens is 290 g/mol. The molecule has 1 aromatic carbocycles. The number of aryl methyl sites for hydroxylation is 1. The van der Waals surface area contributed by atoms with Gasteiger partial charge in [0.25, 0.3) is 0 Å². The first-order valence-electron chi connectivity index (χ1n) is 8.20. The second kappa shape index (κ2) is 6.25. The second-order valence-electron chi connectivity index (χ2n) is 6.56. The number of hydrogen-bond donors (Lipinski definition) is 1. The summed E-state index contributed by atoms with van der Waals surface area (Å²) in [6, 6.07) is 8.02. The average Bonchev–Trinajstić information content (AvgIpc) is 2.98. The molecule has 0 radical (unpaired) electrons. The Hall–Kier alpha value is -1.99. The third-order valence-electron chi connectivity index (χ3n) is 5.07. The van der Waals surface area contributed by atoms with Crippen molar-refractivity contribution in [2.45, 2.75) is 44.2 Å². The van der Waals surface area contributed by atoms with E-state index in [1.807, 2.05) is 31.2 Å². The summed E-state index contributed by atoms with van der Waals surface area (Å²) in [5.41, 5.74) is 1.06. The zero-order valence-electron chi connectivity index (χ0n) is 13.7. The van der Waals surface area contributed by atoms with Crippen molar-refractivity contribution in [1.82, 2.24) is 4.90 Å². The van der Waals surface area contributed by atoms with Crippen molar-refractivity contribution in [3.63, 3.8) is 0 Å². The van der Waals surface area contributed by atoms with Crippen LogP contribution in [0.5, 0.6) is 0 Å². The van der Waals surface area contributed by atoms with Crippen molar-refractivity contribution in [2.24, 2.45) is 5.92 Å². The van der Waals surface area contributed by atoms with Crippen molar-refractivity contribution < 1.29 is 14.6 Å². The van der Waals surface area contributed by atoms with Gasteiger partial charge < -0.3 is 14.7 Å². The Bertz CT molecular complexity index is 660. The van der Waals surface area contributed by atoms with E-state index in [2.05, 4.69) is 11.8 Å². The van der Waals surface area contributed by atoms with E-state index < -0.39 is 5.60 Å². The maximum Gasteiger partial charge on any atom is 0.409 e. The summed E-state index contributed by atoms with van der Waals surface area (Å²) in [6.45, 7) is 2.66. The molecule has 3 atom stereocenters. The maximum atomic E-state index is 11.9. The number of rotatable bonds is 0. The highest BCUT2D eigenvalue weighted by Crippen LogP contribution is 2.42. The number of fused-ring (bicyclic) bond motifs is 1. The molecule has 1 saturated heterocycles. The van der Waals surface area contributed by atoms with Gasteiger partial charge in [0.05, 0.1) is 7.11 Å². The molecule has 2 fully saturated rings. The Morgan fingerprint density at radius 1 is 1.43 bits per heavy atom. The van der Waals surface area contributed by atoms with Gasteiger partial charge in [-0.05, 0) is 50.3 Å². The van der Waals surface area contributed by atoms with Gasteiger partial charge in [-0.3, -0.25) is 0 Å². The summed E-state index contributed by atoms with van der Waals surface area (Å²) in [4.78, 5) is 13.6. The molecule has 0 bridgehead atoms. The fraction of sp³-hybridized carbons (Fsp3) is 0.526. The van der Waals surface area contributed by atoms with Crippen LogP contribution in [0.3, 0.4) is 0 Å². The smallest absolute Gasteiger partial charge is 0.409 e. The first-order valence-corrected chi connectivity index (χ1v) is 8.20. The molecule has 122 valence electrons. The van der Waals surface area contributed by atoms with Crippen molar-refractivity contribution in [2.75, 3.05) is 13.7 Å². The van der Waals surface area contributed by atoms with E-state index in [-0.39, 0.29) is 18.1 Å². The van der Waals surface area contributed by atoms with Gasteiger partial charge in [0, 0.05) is 24.1 Å². The zero-order valence-corrected chi connectivity index (χ0v) is 13.7. The van der Waals surface area contributed by atoms with Gasteiger partial charge in [-0.2, -0.15) is 0 Å². The molecule has 1 aliphatic carbocycles. The number of carbonyl (C=O) groups is 1. The summed E-state index contributed by atoms with van der Waals surface area (Å²) in [5.74, 6) is 6.26. The molecule has 0 unspecified atom stereocenters. The third kappa shape index (κ3) is 3.07. The second-order valence-corrected chi connectivity index (χ2v) is 6.56. The van der Waals surface area contributed by atoms with E-state index in [0.717, 1.165) is 30.4 Å². The maximum absolute atomic E-state index is 11.9. The Morgan fingerprint density at radius 2 is 2.26 bits per heavy atom. The average molecular weight is 313 g/mol. The van der Waals surface area contributed by atoms with Gasteiger partial charge in [0.1, 0.15) is 5.60 Å². The Balaban J connectivity index is 1.83. The molecule has 0 spiro atoms. The van der Waals surface area contributed by atoms with Crippen LogP contribution in [-0.4, -0.2) is 41.4 Å². The predicted octanol–water partition coefficient (Wildman–Crippen LogP) is 2.72. The van der Waals surface area contributed by atoms with Gasteiger partial charge in [-0.1, -0.05) is 24.0 Å². The van der Waals surface area contributed by atoms with Gasteiger partial charge in [0.15, 0.2) is 0 Å². The van der Waals surface area contributed by atoms with Crippen molar-refractivity contribution in [3.8, 4) is 11.8 Å². The summed E-state index contributed by atoms with van der Waals surface area (Å²) < 4.78 is 4.86. The molecule has 1 aromatic rings.